The molecular weight excluding hydrogens is 554 g/mol. The van der Waals surface area contributed by atoms with Gasteiger partial charge >= 0.3 is 11.9 Å². The van der Waals surface area contributed by atoms with Crippen LogP contribution in [0.1, 0.15) is 35.3 Å². The molecule has 0 spiro atoms. The summed E-state index contributed by atoms with van der Waals surface area (Å²) in [4.78, 5) is 43.5. The number of carboxylic acids is 1. The molecule has 1 aromatic carbocycles. The number of aryl methyl sites for hydroxylation is 1. The van der Waals surface area contributed by atoms with Crippen LogP contribution in [0.25, 0.3) is 16.5 Å². The number of amidine groups is 1. The molecule has 3 aromatic rings. The number of rotatable bonds is 6. The molecule has 0 atom stereocenters. The highest BCUT2D eigenvalue weighted by Crippen LogP contribution is 2.49. The number of methoxy groups -OCH3 is 1. The number of hydrogen-bond acceptors (Lipinski definition) is 10. The molecule has 40 heavy (non-hydrogen) atoms. The van der Waals surface area contributed by atoms with E-state index < -0.39 is 23.4 Å². The first-order valence-electron chi connectivity index (χ1n) is 11.9. The van der Waals surface area contributed by atoms with Crippen molar-refractivity contribution in [3.05, 3.63) is 64.2 Å². The Morgan fingerprint density at radius 2 is 2.05 bits per heavy atom. The number of thioether (sulfide) groups is 2. The summed E-state index contributed by atoms with van der Waals surface area (Å²) in [5, 5.41) is 30.4. The maximum Gasteiger partial charge on any atom is 0.338 e. The van der Waals surface area contributed by atoms with Gasteiger partial charge in [-0.15, -0.1) is 22.0 Å². The number of pyridine rings is 1. The first-order valence-corrected chi connectivity index (χ1v) is 13.7. The van der Waals surface area contributed by atoms with E-state index in [-0.39, 0.29) is 27.2 Å². The number of carboxylic acid groups (broad SMARTS) is 1. The van der Waals surface area contributed by atoms with Gasteiger partial charge in [-0.2, -0.15) is 4.99 Å². The second-order valence-corrected chi connectivity index (χ2v) is 11.5. The smallest absolute Gasteiger partial charge is 0.338 e. The molecule has 2 aliphatic heterocycles. The van der Waals surface area contributed by atoms with Crippen LogP contribution in [0.2, 0.25) is 0 Å². The van der Waals surface area contributed by atoms with Crippen LogP contribution < -0.4 is 0 Å². The molecule has 2 N–H and O–H groups in total. The van der Waals surface area contributed by atoms with E-state index in [1.165, 1.54) is 24.9 Å². The van der Waals surface area contributed by atoms with Crippen molar-refractivity contribution in [3.63, 3.8) is 0 Å². The van der Waals surface area contributed by atoms with Crippen molar-refractivity contribution in [2.45, 2.75) is 31.3 Å². The van der Waals surface area contributed by atoms with Gasteiger partial charge < -0.3 is 19.5 Å². The number of allylic oxidation sites excluding steroid dienone is 1. The summed E-state index contributed by atoms with van der Waals surface area (Å²) in [7, 11) is 1.21. The molecule has 1 amide bonds. The highest BCUT2D eigenvalue weighted by molar-refractivity contribution is 8.18. The van der Waals surface area contributed by atoms with Crippen molar-refractivity contribution in [3.8, 4) is 5.88 Å². The zero-order chi connectivity index (χ0) is 28.8. The third kappa shape index (κ3) is 4.93. The molecule has 11 nitrogen and oxygen atoms in total. The third-order valence-electron chi connectivity index (χ3n) is 6.27. The van der Waals surface area contributed by atoms with Gasteiger partial charge in [0.05, 0.1) is 28.6 Å². The molecule has 0 aliphatic carbocycles. The fourth-order valence-electron chi connectivity index (χ4n) is 4.64. The van der Waals surface area contributed by atoms with E-state index in [9.17, 15) is 24.6 Å². The van der Waals surface area contributed by atoms with Gasteiger partial charge in [0.15, 0.2) is 5.69 Å². The Balaban J connectivity index is 1.53. The number of hydrogen-bond donors (Lipinski definition) is 2. The average molecular weight is 578 g/mol. The highest BCUT2D eigenvalue weighted by atomic mass is 32.2. The van der Waals surface area contributed by atoms with E-state index in [2.05, 4.69) is 24.9 Å². The Morgan fingerprint density at radius 3 is 2.77 bits per heavy atom. The van der Waals surface area contributed by atoms with Crippen LogP contribution in [0, 0.1) is 6.92 Å². The number of esters is 1. The Labute approximate surface area is 236 Å². The molecular formula is C27H23N5O6S2. The summed E-state index contributed by atoms with van der Waals surface area (Å²) >= 11 is 2.21. The molecule has 4 heterocycles. The molecule has 0 fully saturated rings. The van der Waals surface area contributed by atoms with Crippen molar-refractivity contribution >= 4 is 68.7 Å². The fraction of sp³-hybridized carbons (Fsp3) is 0.222. The second-order valence-electron chi connectivity index (χ2n) is 9.52. The van der Waals surface area contributed by atoms with Gasteiger partial charge in [0.2, 0.25) is 11.0 Å². The number of nitrogens with zero attached hydrogens (tertiary/aromatic N) is 5. The number of carbonyl (C=O) groups excluding carboxylic acids is 2. The van der Waals surface area contributed by atoms with Crippen molar-refractivity contribution < 1.29 is 29.3 Å². The van der Waals surface area contributed by atoms with Gasteiger partial charge in [-0.25, -0.2) is 14.6 Å². The van der Waals surface area contributed by atoms with Crippen LogP contribution in [-0.2, 0) is 19.9 Å². The SMILES string of the molecule is COC(=O)C=C1SC(N=Nc2c(O)n3c4c(cc(C)cc24)C(CSc2ncccc2C(=O)O)=CC3(C)C)=NC1=O. The van der Waals surface area contributed by atoms with E-state index in [0.29, 0.717) is 16.2 Å². The number of aromatic hydroxyl groups is 1. The van der Waals surface area contributed by atoms with E-state index in [1.807, 2.05) is 39.0 Å². The first-order chi connectivity index (χ1) is 19.0. The summed E-state index contributed by atoms with van der Waals surface area (Å²) in [6.45, 7) is 5.82. The van der Waals surface area contributed by atoms with Crippen molar-refractivity contribution in [2.24, 2.45) is 15.2 Å². The molecule has 0 saturated heterocycles. The average Bonchev–Trinajstić information content (AvgIpc) is 3.39. The van der Waals surface area contributed by atoms with Gasteiger partial charge in [0.25, 0.3) is 5.91 Å². The Kier molecular flexibility index (Phi) is 7.10. The van der Waals surface area contributed by atoms with Crippen LogP contribution in [0.5, 0.6) is 5.88 Å². The van der Waals surface area contributed by atoms with Crippen LogP contribution in [0.4, 0.5) is 5.69 Å². The quantitative estimate of drug-likeness (QED) is 0.168. The molecule has 13 heteroatoms. The fourth-order valence-corrected chi connectivity index (χ4v) is 6.31. The number of amides is 1. The minimum absolute atomic E-state index is 0.0299. The van der Waals surface area contributed by atoms with E-state index in [0.717, 1.165) is 40.1 Å². The monoisotopic (exact) mass is 577 g/mol. The highest BCUT2D eigenvalue weighted by Gasteiger charge is 2.34. The standard InChI is InChI=1S/C27H23N5O6S2/c1-13-8-16-14(12-39-23-15(25(36)37)6-5-7-28-23)11-27(2,3)32-21(16)17(9-13)20(24(32)35)30-31-26-29-22(34)18(40-26)10-19(33)38-4/h5-11,35H,12H2,1-4H3,(H,36,37). The normalized spacial score (nSPS) is 17.0. The lowest BCUT2D eigenvalue weighted by Gasteiger charge is -2.32. The predicted octanol–water partition coefficient (Wildman–Crippen LogP) is 5.44. The number of aromatic nitrogens is 2. The minimum atomic E-state index is -1.04. The summed E-state index contributed by atoms with van der Waals surface area (Å²) in [5.74, 6) is -2.00. The molecule has 0 bridgehead atoms. The zero-order valence-corrected chi connectivity index (χ0v) is 23.5. The summed E-state index contributed by atoms with van der Waals surface area (Å²) in [6, 6.07) is 7.02. The van der Waals surface area contributed by atoms with Crippen molar-refractivity contribution in [1.82, 2.24) is 9.55 Å². The minimum Gasteiger partial charge on any atom is -0.493 e. The van der Waals surface area contributed by atoms with Crippen LogP contribution in [0.15, 0.2) is 67.8 Å². The van der Waals surface area contributed by atoms with E-state index in [1.54, 1.807) is 16.8 Å². The topological polar surface area (TPSA) is 156 Å². The Hall–Kier alpha value is -4.23. The number of aromatic carboxylic acids is 1. The second kappa shape index (κ2) is 10.4. The van der Waals surface area contributed by atoms with Crippen LogP contribution >= 0.6 is 23.5 Å². The zero-order valence-electron chi connectivity index (χ0n) is 21.8. The number of aliphatic imine (C=N–C) groups is 1. The summed E-state index contributed by atoms with van der Waals surface area (Å²) < 4.78 is 6.34. The van der Waals surface area contributed by atoms with Crippen molar-refractivity contribution in [1.29, 1.82) is 0 Å². The lowest BCUT2D eigenvalue weighted by atomic mass is 9.91. The maximum atomic E-state index is 12.1. The molecule has 0 saturated carbocycles. The van der Waals surface area contributed by atoms with Crippen LogP contribution in [0.3, 0.4) is 0 Å². The van der Waals surface area contributed by atoms with Crippen LogP contribution in [-0.4, -0.2) is 55.6 Å². The predicted molar refractivity (Wildman–Crippen MR) is 152 cm³/mol. The maximum absolute atomic E-state index is 12.1. The summed E-state index contributed by atoms with van der Waals surface area (Å²) in [5.41, 5.74) is 3.19. The lowest BCUT2D eigenvalue weighted by molar-refractivity contribution is -0.135. The van der Waals surface area contributed by atoms with Gasteiger partial charge in [0, 0.05) is 29.0 Å². The number of azo groups is 1. The largest absolute Gasteiger partial charge is 0.493 e. The molecule has 204 valence electrons. The van der Waals surface area contributed by atoms with Gasteiger partial charge in [0.1, 0.15) is 5.03 Å². The third-order valence-corrected chi connectivity index (χ3v) is 8.19. The molecule has 2 aliphatic rings. The van der Waals surface area contributed by atoms with E-state index in [4.69, 9.17) is 0 Å². The first kappa shape index (κ1) is 27.3. The number of ether oxygens (including phenoxy) is 1. The molecule has 5 rings (SSSR count). The van der Waals surface area contributed by atoms with E-state index >= 15 is 0 Å². The van der Waals surface area contributed by atoms with Crippen molar-refractivity contribution in [2.75, 3.05) is 12.9 Å². The van der Waals surface area contributed by atoms with Gasteiger partial charge in [-0.1, -0.05) is 6.08 Å². The summed E-state index contributed by atoms with van der Waals surface area (Å²) in [6.07, 6.45) is 4.64. The Bertz CT molecular complexity index is 1730. The molecule has 0 unspecified atom stereocenters. The molecule has 0 radical (unpaired) electrons. The lowest BCUT2D eigenvalue weighted by Crippen LogP contribution is -2.27. The van der Waals surface area contributed by atoms with Gasteiger partial charge in [-0.3, -0.25) is 4.79 Å². The Morgan fingerprint density at radius 1 is 1.27 bits per heavy atom. The molecule has 2 aromatic heterocycles. The number of carbonyl (C=O) groups is 3. The number of benzene rings is 1. The van der Waals surface area contributed by atoms with Gasteiger partial charge in [-0.05, 0) is 67.9 Å².